The van der Waals surface area contributed by atoms with Crippen molar-refractivity contribution < 1.29 is 27.2 Å². The number of thiophene rings is 1. The summed E-state index contributed by atoms with van der Waals surface area (Å²) in [5.41, 5.74) is 1.78. The van der Waals surface area contributed by atoms with Crippen LogP contribution in [0.3, 0.4) is 0 Å². The molecule has 0 saturated heterocycles. The summed E-state index contributed by atoms with van der Waals surface area (Å²) < 4.78 is 42.9. The van der Waals surface area contributed by atoms with Crippen molar-refractivity contribution in [3.05, 3.63) is 62.5 Å². The highest BCUT2D eigenvalue weighted by atomic mass is 32.2. The number of non-ortho nitro benzene ring substituents is 1. The molecule has 0 radical (unpaired) electrons. The quantitative estimate of drug-likeness (QED) is 0.156. The minimum Gasteiger partial charge on any atom is -0.748 e. The highest BCUT2D eigenvalue weighted by Crippen LogP contribution is 2.38. The Hall–Kier alpha value is -2.86. The molecule has 0 aliphatic carbocycles. The molecule has 0 aliphatic rings. The number of hydrogen-bond donors (Lipinski definition) is 0. The molecule has 0 spiro atoms. The molecule has 11 heteroatoms. The lowest BCUT2D eigenvalue weighted by molar-refractivity contribution is -0.667. The molecule has 4 aromatic rings. The molecule has 2 heterocycles. The topological polar surface area (TPSA) is 113 Å². The number of thiazole rings is 1. The fourth-order valence-electron chi connectivity index (χ4n) is 3.46. The van der Waals surface area contributed by atoms with Crippen molar-refractivity contribution in [1.29, 1.82) is 0 Å². The van der Waals surface area contributed by atoms with E-state index in [0.717, 1.165) is 36.6 Å². The maximum Gasteiger partial charge on any atom is 0.269 e. The summed E-state index contributed by atoms with van der Waals surface area (Å²) in [7, 11) is -2.68. The molecule has 0 amide bonds. The van der Waals surface area contributed by atoms with Gasteiger partial charge >= 0.3 is 0 Å². The first-order valence-corrected chi connectivity index (χ1v) is 12.8. The van der Waals surface area contributed by atoms with Crippen molar-refractivity contribution in [3.63, 3.8) is 0 Å². The number of benzene rings is 2. The monoisotopic (exact) mass is 490 g/mol. The molecule has 0 unspecified atom stereocenters. The summed E-state index contributed by atoms with van der Waals surface area (Å²) in [6.07, 6.45) is 3.93. The molecule has 2 aromatic carbocycles. The summed E-state index contributed by atoms with van der Waals surface area (Å²) >= 11 is 3.09. The molecule has 32 heavy (non-hydrogen) atoms. The minimum atomic E-state index is -4.30. The van der Waals surface area contributed by atoms with Crippen LogP contribution in [0.1, 0.15) is 17.0 Å². The van der Waals surface area contributed by atoms with Crippen LogP contribution in [0, 0.1) is 10.1 Å². The summed E-state index contributed by atoms with van der Waals surface area (Å²) in [6, 6.07) is 10.1. The van der Waals surface area contributed by atoms with Gasteiger partial charge in [-0.15, -0.1) is 11.3 Å². The van der Waals surface area contributed by atoms with Gasteiger partial charge in [-0.1, -0.05) is 11.3 Å². The van der Waals surface area contributed by atoms with Crippen LogP contribution in [-0.2, 0) is 16.7 Å². The van der Waals surface area contributed by atoms with E-state index < -0.39 is 20.8 Å². The van der Waals surface area contributed by atoms with Gasteiger partial charge in [0.05, 0.1) is 22.2 Å². The van der Waals surface area contributed by atoms with Crippen LogP contribution in [-0.4, -0.2) is 30.8 Å². The molecule has 4 rings (SSSR count). The molecule has 0 bridgehead atoms. The van der Waals surface area contributed by atoms with Crippen LogP contribution >= 0.6 is 22.7 Å². The summed E-state index contributed by atoms with van der Waals surface area (Å²) in [5.74, 6) is 0.322. The van der Waals surface area contributed by atoms with E-state index >= 15 is 0 Å². The Morgan fingerprint density at radius 2 is 1.94 bits per heavy atom. The van der Waals surface area contributed by atoms with Gasteiger partial charge in [0.2, 0.25) is 5.52 Å². The molecule has 0 aliphatic heterocycles. The third-order valence-electron chi connectivity index (χ3n) is 4.91. The van der Waals surface area contributed by atoms with Gasteiger partial charge in [-0.2, -0.15) is 4.57 Å². The first-order chi connectivity index (χ1) is 15.3. The van der Waals surface area contributed by atoms with Gasteiger partial charge in [0, 0.05) is 41.8 Å². The van der Waals surface area contributed by atoms with E-state index in [1.807, 2.05) is 34.2 Å². The number of hydrogen-bond acceptors (Lipinski definition) is 8. The smallest absolute Gasteiger partial charge is 0.269 e. The Bertz CT molecular complexity index is 1440. The number of rotatable bonds is 8. The molecule has 2 aromatic heterocycles. The summed E-state index contributed by atoms with van der Waals surface area (Å²) in [5, 5.41) is 14.7. The molecular weight excluding hydrogens is 472 g/mol. The predicted molar refractivity (Wildman–Crippen MR) is 125 cm³/mol. The Labute approximate surface area is 191 Å². The van der Waals surface area contributed by atoms with Crippen LogP contribution in [0.25, 0.3) is 32.5 Å². The summed E-state index contributed by atoms with van der Waals surface area (Å²) in [6.45, 7) is 0.362. The minimum absolute atomic E-state index is 0.0186. The maximum atomic E-state index is 11.1. The van der Waals surface area contributed by atoms with Gasteiger partial charge in [-0.25, -0.2) is 8.42 Å². The standard InChI is InChI=1S/C21H18N2O6S3/c1-29-17-13-18-20(21-16(17)9-11-30-21)22(10-2-12-32(26,27)28)19(31-18)8-5-14-3-6-15(7-4-14)23(24)25/h3-9,11,13H,2,10,12H2,1H3/b8-5+. The molecule has 0 fully saturated rings. The molecule has 0 N–H and O–H groups in total. The third-order valence-corrected chi connectivity index (χ3v) is 7.72. The number of nitrogens with zero attached hydrogens (tertiary/aromatic N) is 2. The maximum absolute atomic E-state index is 11.1. The van der Waals surface area contributed by atoms with Gasteiger partial charge in [0.25, 0.3) is 10.7 Å². The number of nitro benzene ring substituents is 1. The molecule has 166 valence electrons. The van der Waals surface area contributed by atoms with E-state index in [1.165, 1.54) is 23.5 Å². The molecule has 8 nitrogen and oxygen atoms in total. The average molecular weight is 491 g/mol. The first-order valence-electron chi connectivity index (χ1n) is 9.53. The Kier molecular flexibility index (Phi) is 6.24. The second-order valence-electron chi connectivity index (χ2n) is 6.98. The van der Waals surface area contributed by atoms with Crippen molar-refractivity contribution in [2.45, 2.75) is 13.0 Å². The zero-order chi connectivity index (χ0) is 22.9. The van der Waals surface area contributed by atoms with Crippen molar-refractivity contribution in [1.82, 2.24) is 0 Å². The lowest BCUT2D eigenvalue weighted by atomic mass is 10.2. The number of nitro groups is 1. The largest absolute Gasteiger partial charge is 0.748 e. The number of fused-ring (bicyclic) bond motifs is 3. The van der Waals surface area contributed by atoms with Crippen LogP contribution in [0.15, 0.2) is 41.8 Å². The van der Waals surface area contributed by atoms with Crippen molar-refractivity contribution in [2.24, 2.45) is 0 Å². The fourth-order valence-corrected chi connectivity index (χ4v) is 6.11. The van der Waals surface area contributed by atoms with Gasteiger partial charge in [-0.05, 0) is 35.2 Å². The average Bonchev–Trinajstić information content (AvgIpc) is 3.35. The SMILES string of the molecule is COc1cc2sc(/C=C/c3ccc([N+](=O)[O-])cc3)[n+](CCCS(=O)(=O)[O-])c2c2sccc12. The second kappa shape index (κ2) is 8.94. The number of aryl methyl sites for hydroxylation is 1. The molecular formula is C21H18N2O6S3. The van der Waals surface area contributed by atoms with Crippen molar-refractivity contribution >= 4 is 70.9 Å². The van der Waals surface area contributed by atoms with E-state index in [4.69, 9.17) is 4.74 Å². The van der Waals surface area contributed by atoms with E-state index in [1.54, 1.807) is 30.6 Å². The zero-order valence-electron chi connectivity index (χ0n) is 16.9. The van der Waals surface area contributed by atoms with Gasteiger partial charge in [0.1, 0.15) is 15.1 Å². The van der Waals surface area contributed by atoms with E-state index in [2.05, 4.69) is 0 Å². The van der Waals surface area contributed by atoms with Crippen molar-refractivity contribution in [3.8, 4) is 5.75 Å². The van der Waals surface area contributed by atoms with Gasteiger partial charge in [-0.3, -0.25) is 10.1 Å². The number of methoxy groups -OCH3 is 1. The van der Waals surface area contributed by atoms with E-state index in [-0.39, 0.29) is 12.1 Å². The lowest BCUT2D eigenvalue weighted by Crippen LogP contribution is -2.36. The normalized spacial score (nSPS) is 12.2. The Morgan fingerprint density at radius 3 is 2.59 bits per heavy atom. The highest BCUT2D eigenvalue weighted by Gasteiger charge is 2.24. The second-order valence-corrected chi connectivity index (χ2v) is 10.5. The lowest BCUT2D eigenvalue weighted by Gasteiger charge is -2.05. The van der Waals surface area contributed by atoms with Crippen molar-refractivity contribution in [2.75, 3.05) is 12.9 Å². The molecule has 0 atom stereocenters. The van der Waals surface area contributed by atoms with E-state index in [0.29, 0.717) is 6.54 Å². The molecule has 0 saturated carbocycles. The predicted octanol–water partition coefficient (Wildman–Crippen LogP) is 4.43. The van der Waals surface area contributed by atoms with Crippen LogP contribution in [0.2, 0.25) is 0 Å². The third kappa shape index (κ3) is 4.65. The number of ether oxygens (including phenoxy) is 1. The first kappa shape index (κ1) is 22.3. The van der Waals surface area contributed by atoms with Crippen LogP contribution < -0.4 is 9.30 Å². The van der Waals surface area contributed by atoms with Crippen LogP contribution in [0.5, 0.6) is 5.75 Å². The van der Waals surface area contributed by atoms with Gasteiger partial charge in [0.15, 0.2) is 6.54 Å². The van der Waals surface area contributed by atoms with Crippen LogP contribution in [0.4, 0.5) is 5.69 Å². The zero-order valence-corrected chi connectivity index (χ0v) is 19.3. The highest BCUT2D eigenvalue weighted by molar-refractivity contribution is 7.85. The Morgan fingerprint density at radius 1 is 1.19 bits per heavy atom. The Balaban J connectivity index is 1.79. The number of aromatic nitrogens is 1. The van der Waals surface area contributed by atoms with E-state index in [9.17, 15) is 23.1 Å². The van der Waals surface area contributed by atoms with Gasteiger partial charge < -0.3 is 9.29 Å². The fraction of sp³-hybridized carbons (Fsp3) is 0.190. The summed E-state index contributed by atoms with van der Waals surface area (Å²) in [4.78, 5) is 10.4.